The molecule has 7 heteroatoms. The van der Waals surface area contributed by atoms with Crippen LogP contribution in [0, 0.1) is 12.7 Å². The van der Waals surface area contributed by atoms with Crippen LogP contribution in [0.2, 0.25) is 0 Å². The van der Waals surface area contributed by atoms with Gasteiger partial charge in [0.1, 0.15) is 11.6 Å². The molecule has 146 valence electrons. The maximum absolute atomic E-state index is 13.4. The maximum Gasteiger partial charge on any atom is 0.255 e. The number of methoxy groups -OCH3 is 1. The predicted molar refractivity (Wildman–Crippen MR) is 110 cm³/mol. The first-order chi connectivity index (χ1) is 13.5. The van der Waals surface area contributed by atoms with Crippen LogP contribution in [0.25, 0.3) is 10.2 Å². The summed E-state index contributed by atoms with van der Waals surface area (Å²) in [7, 11) is 1.57. The molecule has 1 aromatic heterocycles. The lowest BCUT2D eigenvalue weighted by Crippen LogP contribution is -2.43. The van der Waals surface area contributed by atoms with Crippen LogP contribution in [0.1, 0.15) is 35.2 Å². The number of nitrogens with one attached hydrogen (secondary N) is 2. The summed E-state index contributed by atoms with van der Waals surface area (Å²) in [5.74, 6) is 0.172. The Morgan fingerprint density at radius 3 is 2.86 bits per heavy atom. The first kappa shape index (κ1) is 18.7. The average molecular weight is 399 g/mol. The van der Waals surface area contributed by atoms with E-state index in [0.717, 1.165) is 40.2 Å². The summed E-state index contributed by atoms with van der Waals surface area (Å²) in [5.41, 5.74) is 2.33. The first-order valence-electron chi connectivity index (χ1n) is 9.31. The number of amides is 1. The molecule has 0 spiro atoms. The molecule has 5 nitrogen and oxygen atoms in total. The van der Waals surface area contributed by atoms with Gasteiger partial charge in [-0.25, -0.2) is 9.37 Å². The minimum absolute atomic E-state index is 0.00136. The van der Waals surface area contributed by atoms with Crippen molar-refractivity contribution in [2.45, 2.75) is 38.3 Å². The zero-order valence-electron chi connectivity index (χ0n) is 15.8. The lowest BCUT2D eigenvalue weighted by molar-refractivity contribution is 0.0932. The quantitative estimate of drug-likeness (QED) is 0.662. The van der Waals surface area contributed by atoms with Crippen molar-refractivity contribution in [3.63, 3.8) is 0 Å². The van der Waals surface area contributed by atoms with Crippen LogP contribution in [0.4, 0.5) is 9.52 Å². The molecule has 2 atom stereocenters. The molecule has 2 unspecified atom stereocenters. The Morgan fingerprint density at radius 1 is 1.21 bits per heavy atom. The van der Waals surface area contributed by atoms with E-state index in [2.05, 4.69) is 15.6 Å². The Bertz CT molecular complexity index is 1020. The fraction of sp³-hybridized carbons (Fsp3) is 0.333. The van der Waals surface area contributed by atoms with Gasteiger partial charge in [0.2, 0.25) is 0 Å². The predicted octanol–water partition coefficient (Wildman–Crippen LogP) is 4.52. The van der Waals surface area contributed by atoms with E-state index in [1.54, 1.807) is 13.2 Å². The van der Waals surface area contributed by atoms with Crippen LogP contribution < -0.4 is 15.4 Å². The summed E-state index contributed by atoms with van der Waals surface area (Å²) in [5, 5.41) is 7.33. The summed E-state index contributed by atoms with van der Waals surface area (Å²) >= 11 is 1.43. The zero-order chi connectivity index (χ0) is 19.7. The summed E-state index contributed by atoms with van der Waals surface area (Å²) in [6, 6.07) is 10.3. The second-order valence-corrected chi connectivity index (χ2v) is 8.13. The minimum Gasteiger partial charge on any atom is -0.496 e. The zero-order valence-corrected chi connectivity index (χ0v) is 16.6. The van der Waals surface area contributed by atoms with Crippen LogP contribution in [0.5, 0.6) is 5.75 Å². The third-order valence-electron chi connectivity index (χ3n) is 5.09. The number of benzene rings is 2. The second kappa shape index (κ2) is 7.75. The number of aryl methyl sites for hydroxylation is 1. The van der Waals surface area contributed by atoms with Gasteiger partial charge < -0.3 is 15.4 Å². The van der Waals surface area contributed by atoms with Gasteiger partial charge in [0.25, 0.3) is 5.91 Å². The molecule has 3 aromatic rings. The number of ether oxygens (including phenoxy) is 1. The van der Waals surface area contributed by atoms with Crippen molar-refractivity contribution in [3.05, 3.63) is 53.3 Å². The lowest BCUT2D eigenvalue weighted by atomic mass is 10.1. The number of rotatable bonds is 5. The second-order valence-electron chi connectivity index (χ2n) is 7.10. The Hall–Kier alpha value is -2.67. The molecule has 2 N–H and O–H groups in total. The van der Waals surface area contributed by atoms with E-state index < -0.39 is 0 Å². The highest BCUT2D eigenvalue weighted by Crippen LogP contribution is 2.30. The molecule has 0 aliphatic heterocycles. The van der Waals surface area contributed by atoms with E-state index in [1.165, 1.54) is 23.5 Å². The molecule has 1 heterocycles. The Kier molecular flexibility index (Phi) is 5.17. The van der Waals surface area contributed by atoms with Crippen LogP contribution in [-0.4, -0.2) is 30.1 Å². The maximum atomic E-state index is 13.4. The van der Waals surface area contributed by atoms with Crippen molar-refractivity contribution >= 4 is 32.6 Å². The molecule has 1 amide bonds. The number of fused-ring (bicyclic) bond motifs is 1. The van der Waals surface area contributed by atoms with Gasteiger partial charge in [0.05, 0.1) is 22.9 Å². The fourth-order valence-electron chi connectivity index (χ4n) is 3.67. The molecular formula is C21H22FN3O2S. The van der Waals surface area contributed by atoms with Crippen molar-refractivity contribution in [1.82, 2.24) is 10.3 Å². The summed E-state index contributed by atoms with van der Waals surface area (Å²) in [6.07, 6.45) is 2.87. The SMILES string of the molecule is COc1ccc(C)cc1C(=O)NC1CCCC1Nc1nc2ccc(F)cc2s1. The Labute approximate surface area is 166 Å². The molecule has 2 aromatic carbocycles. The van der Waals surface area contributed by atoms with E-state index in [-0.39, 0.29) is 23.8 Å². The van der Waals surface area contributed by atoms with Gasteiger partial charge >= 0.3 is 0 Å². The third kappa shape index (κ3) is 3.80. The summed E-state index contributed by atoms with van der Waals surface area (Å²) < 4.78 is 19.6. The number of anilines is 1. The number of aromatic nitrogens is 1. The van der Waals surface area contributed by atoms with E-state index in [1.807, 2.05) is 25.1 Å². The highest BCUT2D eigenvalue weighted by atomic mass is 32.1. The number of carbonyl (C=O) groups is 1. The van der Waals surface area contributed by atoms with Crippen LogP contribution in [-0.2, 0) is 0 Å². The number of hydrogen-bond donors (Lipinski definition) is 2. The number of carbonyl (C=O) groups excluding carboxylic acids is 1. The molecule has 0 radical (unpaired) electrons. The number of halogens is 1. The van der Waals surface area contributed by atoms with E-state index in [0.29, 0.717) is 11.3 Å². The average Bonchev–Trinajstić information content (AvgIpc) is 3.27. The largest absolute Gasteiger partial charge is 0.496 e. The molecule has 0 saturated heterocycles. The van der Waals surface area contributed by atoms with Crippen molar-refractivity contribution < 1.29 is 13.9 Å². The molecule has 1 fully saturated rings. The van der Waals surface area contributed by atoms with Gasteiger partial charge in [0, 0.05) is 12.1 Å². The molecule has 0 bridgehead atoms. The molecule has 1 aliphatic rings. The monoisotopic (exact) mass is 399 g/mol. The summed E-state index contributed by atoms with van der Waals surface area (Å²) in [6.45, 7) is 1.95. The lowest BCUT2D eigenvalue weighted by Gasteiger charge is -2.22. The van der Waals surface area contributed by atoms with Gasteiger partial charge in [-0.3, -0.25) is 4.79 Å². The Morgan fingerprint density at radius 2 is 2.04 bits per heavy atom. The molecule has 4 rings (SSSR count). The minimum atomic E-state index is -0.263. The van der Waals surface area contributed by atoms with Gasteiger partial charge in [-0.05, 0) is 56.5 Å². The van der Waals surface area contributed by atoms with Crippen LogP contribution >= 0.6 is 11.3 Å². The van der Waals surface area contributed by atoms with Crippen molar-refractivity contribution in [3.8, 4) is 5.75 Å². The number of thiazole rings is 1. The fourth-order valence-corrected chi connectivity index (χ4v) is 4.62. The van der Waals surface area contributed by atoms with Gasteiger partial charge in [-0.1, -0.05) is 23.0 Å². The van der Waals surface area contributed by atoms with Crippen molar-refractivity contribution in [2.24, 2.45) is 0 Å². The molecule has 1 saturated carbocycles. The van der Waals surface area contributed by atoms with E-state index in [9.17, 15) is 9.18 Å². The van der Waals surface area contributed by atoms with Crippen LogP contribution in [0.3, 0.4) is 0 Å². The highest BCUT2D eigenvalue weighted by Gasteiger charge is 2.30. The van der Waals surface area contributed by atoms with Crippen molar-refractivity contribution in [2.75, 3.05) is 12.4 Å². The van der Waals surface area contributed by atoms with E-state index in [4.69, 9.17) is 4.74 Å². The number of nitrogens with zero attached hydrogens (tertiary/aromatic N) is 1. The van der Waals surface area contributed by atoms with Gasteiger partial charge in [-0.2, -0.15) is 0 Å². The van der Waals surface area contributed by atoms with Crippen molar-refractivity contribution in [1.29, 1.82) is 0 Å². The van der Waals surface area contributed by atoms with Gasteiger partial charge in [-0.15, -0.1) is 0 Å². The molecule has 1 aliphatic carbocycles. The van der Waals surface area contributed by atoms with E-state index >= 15 is 0 Å². The highest BCUT2D eigenvalue weighted by molar-refractivity contribution is 7.22. The standard InChI is InChI=1S/C21H22FN3O2S/c1-12-6-9-18(27-2)14(10-12)20(26)23-15-4-3-5-16(15)24-21-25-17-8-7-13(22)11-19(17)28-21/h6-11,15-16H,3-5H2,1-2H3,(H,23,26)(H,24,25). The third-order valence-corrected chi connectivity index (χ3v) is 6.04. The normalized spacial score (nSPS) is 19.0. The molecule has 28 heavy (non-hydrogen) atoms. The molecular weight excluding hydrogens is 377 g/mol. The van der Waals surface area contributed by atoms with Crippen LogP contribution in [0.15, 0.2) is 36.4 Å². The van der Waals surface area contributed by atoms with Gasteiger partial charge in [0.15, 0.2) is 5.13 Å². The first-order valence-corrected chi connectivity index (χ1v) is 10.1. The topological polar surface area (TPSA) is 63.2 Å². The smallest absolute Gasteiger partial charge is 0.255 e. The Balaban J connectivity index is 1.48. The summed E-state index contributed by atoms with van der Waals surface area (Å²) in [4.78, 5) is 17.4. The number of hydrogen-bond acceptors (Lipinski definition) is 5.